The zero-order valence-electron chi connectivity index (χ0n) is 13.2. The van der Waals surface area contributed by atoms with E-state index in [0.717, 1.165) is 12.8 Å². The molecule has 4 heterocycles. The van der Waals surface area contributed by atoms with Crippen LogP contribution < -0.4 is 4.74 Å². The van der Waals surface area contributed by atoms with Crippen LogP contribution in [0.2, 0.25) is 0 Å². The molecule has 7 nitrogen and oxygen atoms in total. The van der Waals surface area contributed by atoms with Crippen molar-refractivity contribution in [2.75, 3.05) is 19.7 Å². The van der Waals surface area contributed by atoms with Gasteiger partial charge in [0.05, 0.1) is 25.9 Å². The van der Waals surface area contributed by atoms with Crippen LogP contribution in [0.25, 0.3) is 0 Å². The molecule has 2 aromatic heterocycles. The molecule has 0 unspecified atom stereocenters. The van der Waals surface area contributed by atoms with Crippen LogP contribution in [0, 0.1) is 0 Å². The fourth-order valence-electron chi connectivity index (χ4n) is 3.26. The van der Waals surface area contributed by atoms with Gasteiger partial charge in [-0.25, -0.2) is 9.97 Å². The van der Waals surface area contributed by atoms with Gasteiger partial charge in [0.15, 0.2) is 0 Å². The molecule has 1 atom stereocenters. The van der Waals surface area contributed by atoms with Crippen molar-refractivity contribution in [1.82, 2.24) is 19.9 Å². The fourth-order valence-corrected chi connectivity index (χ4v) is 3.26. The molecule has 0 bridgehead atoms. The number of nitrogens with zero attached hydrogens (tertiary/aromatic N) is 4. The lowest BCUT2D eigenvalue weighted by Crippen LogP contribution is -2.67. The van der Waals surface area contributed by atoms with E-state index in [1.807, 2.05) is 18.2 Å². The first-order valence-corrected chi connectivity index (χ1v) is 8.01. The first-order chi connectivity index (χ1) is 11.7. The molecule has 7 heteroatoms. The van der Waals surface area contributed by atoms with Gasteiger partial charge >= 0.3 is 0 Å². The maximum absolute atomic E-state index is 12.4. The average molecular weight is 326 g/mol. The largest absolute Gasteiger partial charge is 0.474 e. The van der Waals surface area contributed by atoms with E-state index < -0.39 is 0 Å². The van der Waals surface area contributed by atoms with Crippen molar-refractivity contribution in [2.45, 2.75) is 24.5 Å². The number of amides is 1. The highest BCUT2D eigenvalue weighted by Crippen LogP contribution is 2.36. The topological polar surface area (TPSA) is 77.4 Å². The van der Waals surface area contributed by atoms with Crippen molar-refractivity contribution in [3.63, 3.8) is 0 Å². The maximum Gasteiger partial charge on any atom is 0.274 e. The van der Waals surface area contributed by atoms with Crippen molar-refractivity contribution in [2.24, 2.45) is 0 Å². The molecule has 2 fully saturated rings. The average Bonchev–Trinajstić information content (AvgIpc) is 2.61. The maximum atomic E-state index is 12.4. The van der Waals surface area contributed by atoms with Crippen LogP contribution >= 0.6 is 0 Å². The molecule has 0 radical (unpaired) electrons. The minimum atomic E-state index is -0.310. The summed E-state index contributed by atoms with van der Waals surface area (Å²) < 4.78 is 11.9. The number of aromatic nitrogens is 3. The van der Waals surface area contributed by atoms with Gasteiger partial charge in [0.25, 0.3) is 5.91 Å². The van der Waals surface area contributed by atoms with E-state index in [-0.39, 0.29) is 17.6 Å². The van der Waals surface area contributed by atoms with E-state index in [1.54, 1.807) is 17.3 Å². The molecule has 2 aliphatic heterocycles. The third-order valence-corrected chi connectivity index (χ3v) is 4.40. The van der Waals surface area contributed by atoms with E-state index in [1.165, 1.54) is 12.4 Å². The number of likely N-dealkylation sites (tertiary alicyclic amines) is 1. The van der Waals surface area contributed by atoms with Gasteiger partial charge in [-0.1, -0.05) is 6.07 Å². The van der Waals surface area contributed by atoms with E-state index in [0.29, 0.717) is 31.3 Å². The highest BCUT2D eigenvalue weighted by Gasteiger charge is 2.50. The minimum absolute atomic E-state index is 0.0578. The molecule has 0 aromatic carbocycles. The Morgan fingerprint density at radius 1 is 1.25 bits per heavy atom. The van der Waals surface area contributed by atoms with Gasteiger partial charge in [-0.2, -0.15) is 0 Å². The van der Waals surface area contributed by atoms with Crippen LogP contribution in [0.1, 0.15) is 23.3 Å². The quantitative estimate of drug-likeness (QED) is 0.847. The Morgan fingerprint density at radius 3 is 2.92 bits per heavy atom. The van der Waals surface area contributed by atoms with Gasteiger partial charge < -0.3 is 14.4 Å². The summed E-state index contributed by atoms with van der Waals surface area (Å²) in [4.78, 5) is 26.3. The number of rotatable bonds is 3. The number of carbonyl (C=O) groups is 1. The molecule has 0 N–H and O–H groups in total. The molecular weight excluding hydrogens is 308 g/mol. The predicted octanol–water partition coefficient (Wildman–Crippen LogP) is 1.32. The molecule has 2 saturated heterocycles. The Morgan fingerprint density at radius 2 is 2.17 bits per heavy atom. The Bertz CT molecular complexity index is 704. The molecule has 24 heavy (non-hydrogen) atoms. The minimum Gasteiger partial charge on any atom is -0.474 e. The van der Waals surface area contributed by atoms with Crippen molar-refractivity contribution in [3.05, 3.63) is 48.7 Å². The Labute approximate surface area is 139 Å². The van der Waals surface area contributed by atoms with Crippen LogP contribution in [0.3, 0.4) is 0 Å². The van der Waals surface area contributed by atoms with Gasteiger partial charge in [-0.05, 0) is 6.07 Å². The second-order valence-electron chi connectivity index (χ2n) is 6.18. The van der Waals surface area contributed by atoms with Gasteiger partial charge in [0.2, 0.25) is 5.88 Å². The second kappa shape index (κ2) is 6.16. The van der Waals surface area contributed by atoms with E-state index in [4.69, 9.17) is 9.47 Å². The molecule has 0 aliphatic carbocycles. The smallest absolute Gasteiger partial charge is 0.274 e. The standard InChI is InChI=1S/C17H18N4O3/c22-16(14-10-18-6-7-19-14)21-11-17(12-21)9-13(4-8-23-17)24-15-3-1-2-5-20-15/h1-3,5-7,10,13H,4,8-9,11-12H2/t13-/m0/s1. The number of pyridine rings is 1. The Kier molecular flexibility index (Phi) is 3.86. The third kappa shape index (κ3) is 2.94. The Hall–Kier alpha value is -2.54. The zero-order chi connectivity index (χ0) is 16.4. The predicted molar refractivity (Wildman–Crippen MR) is 84.5 cm³/mol. The molecule has 124 valence electrons. The van der Waals surface area contributed by atoms with Crippen LogP contribution in [0.4, 0.5) is 0 Å². The summed E-state index contributed by atoms with van der Waals surface area (Å²) in [6, 6.07) is 5.62. The van der Waals surface area contributed by atoms with E-state index >= 15 is 0 Å². The zero-order valence-corrected chi connectivity index (χ0v) is 13.2. The molecule has 4 rings (SSSR count). The normalized spacial score (nSPS) is 22.0. The molecule has 1 amide bonds. The third-order valence-electron chi connectivity index (χ3n) is 4.40. The number of hydrogen-bond donors (Lipinski definition) is 0. The molecular formula is C17H18N4O3. The van der Waals surface area contributed by atoms with Gasteiger partial charge in [0.1, 0.15) is 17.4 Å². The summed E-state index contributed by atoms with van der Waals surface area (Å²) in [5.74, 6) is 0.524. The number of hydrogen-bond acceptors (Lipinski definition) is 6. The van der Waals surface area contributed by atoms with Crippen LogP contribution in [-0.2, 0) is 4.74 Å². The summed E-state index contributed by atoms with van der Waals surface area (Å²) in [6.07, 6.45) is 7.93. The second-order valence-corrected chi connectivity index (χ2v) is 6.18. The fraction of sp³-hybridized carbons (Fsp3) is 0.412. The first-order valence-electron chi connectivity index (χ1n) is 8.01. The molecule has 1 spiro atoms. The van der Waals surface area contributed by atoms with Crippen molar-refractivity contribution >= 4 is 5.91 Å². The first kappa shape index (κ1) is 15.0. The van der Waals surface area contributed by atoms with E-state index in [9.17, 15) is 4.79 Å². The lowest BCUT2D eigenvalue weighted by Gasteiger charge is -2.52. The lowest BCUT2D eigenvalue weighted by atomic mass is 9.84. The van der Waals surface area contributed by atoms with Crippen LogP contribution in [-0.4, -0.2) is 57.2 Å². The monoisotopic (exact) mass is 326 g/mol. The molecule has 2 aromatic rings. The lowest BCUT2D eigenvalue weighted by molar-refractivity contribution is -0.174. The summed E-state index contributed by atoms with van der Waals surface area (Å²) >= 11 is 0. The van der Waals surface area contributed by atoms with Gasteiger partial charge in [0, 0.05) is 37.5 Å². The summed E-state index contributed by atoms with van der Waals surface area (Å²) in [6.45, 7) is 1.75. The summed E-state index contributed by atoms with van der Waals surface area (Å²) in [5, 5.41) is 0. The number of carbonyl (C=O) groups excluding carboxylic acids is 1. The SMILES string of the molecule is O=C(c1cnccn1)N1CC2(C[C@@H](Oc3ccccn3)CCO2)C1. The van der Waals surface area contributed by atoms with Crippen molar-refractivity contribution in [3.8, 4) is 5.88 Å². The summed E-state index contributed by atoms with van der Waals surface area (Å²) in [5.41, 5.74) is 0.0553. The van der Waals surface area contributed by atoms with Crippen LogP contribution in [0.15, 0.2) is 43.0 Å². The number of ether oxygens (including phenoxy) is 2. The highest BCUT2D eigenvalue weighted by atomic mass is 16.5. The highest BCUT2D eigenvalue weighted by molar-refractivity contribution is 5.92. The van der Waals surface area contributed by atoms with Gasteiger partial charge in [-0.15, -0.1) is 0 Å². The molecule has 2 aliphatic rings. The summed E-state index contributed by atoms with van der Waals surface area (Å²) in [7, 11) is 0. The van der Waals surface area contributed by atoms with Gasteiger partial charge in [-0.3, -0.25) is 9.78 Å². The van der Waals surface area contributed by atoms with Crippen LogP contribution in [0.5, 0.6) is 5.88 Å². The molecule has 0 saturated carbocycles. The van der Waals surface area contributed by atoms with E-state index in [2.05, 4.69) is 15.0 Å². The van der Waals surface area contributed by atoms with Crippen molar-refractivity contribution < 1.29 is 14.3 Å². The Balaban J connectivity index is 1.36. The van der Waals surface area contributed by atoms with Crippen molar-refractivity contribution in [1.29, 1.82) is 0 Å².